The van der Waals surface area contributed by atoms with E-state index in [4.69, 9.17) is 10.5 Å². The van der Waals surface area contributed by atoms with E-state index in [1.54, 1.807) is 0 Å². The van der Waals surface area contributed by atoms with E-state index < -0.39 is 0 Å². The molecule has 66 valence electrons. The molecule has 0 unspecified atom stereocenters. The molecule has 5 nitrogen and oxygen atoms in total. The van der Waals surface area contributed by atoms with Crippen LogP contribution in [-0.4, -0.2) is 28.2 Å². The molecule has 2 heterocycles. The van der Waals surface area contributed by atoms with E-state index in [0.717, 1.165) is 22.6 Å². The van der Waals surface area contributed by atoms with Gasteiger partial charge in [-0.3, -0.25) is 0 Å². The Kier molecular flexibility index (Phi) is 2.28. The second-order valence-electron chi connectivity index (χ2n) is 2.67. The summed E-state index contributed by atoms with van der Waals surface area (Å²) in [5.41, 5.74) is 6.34. The molecule has 0 saturated carbocycles. The van der Waals surface area contributed by atoms with Crippen molar-refractivity contribution in [3.63, 3.8) is 0 Å². The molecule has 0 aromatic carbocycles. The fraction of sp³-hybridized carbons (Fsp3) is 0.667. The Labute approximate surface area is 83.4 Å². The van der Waals surface area contributed by atoms with Crippen molar-refractivity contribution in [1.82, 2.24) is 15.0 Å². The summed E-state index contributed by atoms with van der Waals surface area (Å²) < 4.78 is 7.98. The smallest absolute Gasteiger partial charge is 0.124 e. The zero-order chi connectivity index (χ0) is 8.55. The third-order valence-corrected chi connectivity index (χ3v) is 2.98. The number of nitrogens with two attached hydrogens (primary N) is 1. The third kappa shape index (κ3) is 1.23. The molecular formula is C6H9IN4O. The Balaban J connectivity index is 2.25. The summed E-state index contributed by atoms with van der Waals surface area (Å²) in [5.74, 6) is 0. The van der Waals surface area contributed by atoms with Gasteiger partial charge in [-0.25, -0.2) is 4.68 Å². The first-order valence-corrected chi connectivity index (χ1v) is 4.78. The van der Waals surface area contributed by atoms with Gasteiger partial charge in [-0.1, -0.05) is 5.21 Å². The first-order chi connectivity index (χ1) is 5.83. The first-order valence-electron chi connectivity index (χ1n) is 3.70. The van der Waals surface area contributed by atoms with Crippen LogP contribution in [0.15, 0.2) is 0 Å². The van der Waals surface area contributed by atoms with Crippen LogP contribution < -0.4 is 5.73 Å². The van der Waals surface area contributed by atoms with Crippen molar-refractivity contribution < 1.29 is 4.74 Å². The van der Waals surface area contributed by atoms with Gasteiger partial charge in [-0.2, -0.15) is 0 Å². The SMILES string of the molecule is NCc1nnn(C2COC2)c1I. The summed E-state index contributed by atoms with van der Waals surface area (Å²) in [4.78, 5) is 0. The first kappa shape index (κ1) is 8.39. The maximum Gasteiger partial charge on any atom is 0.124 e. The number of aromatic nitrogens is 3. The standard InChI is InChI=1S/C6H9IN4O/c7-6-5(1-8)9-10-11(6)4-2-12-3-4/h4H,1-3,8H2. The van der Waals surface area contributed by atoms with E-state index in [1.165, 1.54) is 0 Å². The molecule has 1 aliphatic heterocycles. The number of hydrogen-bond acceptors (Lipinski definition) is 4. The van der Waals surface area contributed by atoms with Gasteiger partial charge in [0, 0.05) is 6.54 Å². The van der Waals surface area contributed by atoms with Crippen molar-refractivity contribution >= 4 is 22.6 Å². The molecule has 1 aliphatic rings. The second-order valence-corrected chi connectivity index (χ2v) is 3.69. The fourth-order valence-electron chi connectivity index (χ4n) is 1.04. The van der Waals surface area contributed by atoms with Crippen LogP contribution in [0.4, 0.5) is 0 Å². The van der Waals surface area contributed by atoms with Gasteiger partial charge in [0.05, 0.1) is 13.2 Å². The zero-order valence-corrected chi connectivity index (χ0v) is 8.56. The van der Waals surface area contributed by atoms with Crippen LogP contribution >= 0.6 is 22.6 Å². The Hall–Kier alpha value is -0.210. The number of rotatable bonds is 2. The Morgan fingerprint density at radius 1 is 1.67 bits per heavy atom. The number of hydrogen-bond donors (Lipinski definition) is 1. The van der Waals surface area contributed by atoms with Crippen molar-refractivity contribution in [3.8, 4) is 0 Å². The molecule has 0 amide bonds. The van der Waals surface area contributed by atoms with Gasteiger partial charge < -0.3 is 10.5 Å². The molecule has 0 radical (unpaired) electrons. The molecule has 2 rings (SSSR count). The summed E-state index contributed by atoms with van der Waals surface area (Å²) in [5, 5.41) is 7.97. The largest absolute Gasteiger partial charge is 0.377 e. The predicted octanol–water partition coefficient (Wildman–Crippen LogP) is -0.0873. The molecule has 1 aromatic heterocycles. The highest BCUT2D eigenvalue weighted by Gasteiger charge is 2.24. The normalized spacial score (nSPS) is 17.8. The molecule has 0 atom stereocenters. The van der Waals surface area contributed by atoms with Crippen LogP contribution in [0.5, 0.6) is 0 Å². The van der Waals surface area contributed by atoms with E-state index in [-0.39, 0.29) is 0 Å². The third-order valence-electron chi connectivity index (χ3n) is 1.86. The van der Waals surface area contributed by atoms with Gasteiger partial charge in [0.2, 0.25) is 0 Å². The lowest BCUT2D eigenvalue weighted by molar-refractivity contribution is -0.0305. The van der Waals surface area contributed by atoms with Crippen LogP contribution in [0.25, 0.3) is 0 Å². The lowest BCUT2D eigenvalue weighted by Gasteiger charge is -2.26. The van der Waals surface area contributed by atoms with E-state index in [0.29, 0.717) is 12.6 Å². The summed E-state index contributed by atoms with van der Waals surface area (Å²) in [6, 6.07) is 0.365. The average molecular weight is 280 g/mol. The monoisotopic (exact) mass is 280 g/mol. The molecule has 12 heavy (non-hydrogen) atoms. The van der Waals surface area contributed by atoms with Crippen molar-refractivity contribution in [2.24, 2.45) is 5.73 Å². The molecule has 0 spiro atoms. The molecule has 0 bridgehead atoms. The lowest BCUT2D eigenvalue weighted by atomic mass is 10.3. The van der Waals surface area contributed by atoms with Crippen LogP contribution in [0.1, 0.15) is 11.7 Å². The van der Waals surface area contributed by atoms with E-state index in [2.05, 4.69) is 32.9 Å². The predicted molar refractivity (Wildman–Crippen MR) is 50.5 cm³/mol. The maximum absolute atomic E-state index is 5.47. The maximum atomic E-state index is 5.47. The Morgan fingerprint density at radius 3 is 2.83 bits per heavy atom. The minimum Gasteiger partial charge on any atom is -0.377 e. The van der Waals surface area contributed by atoms with E-state index in [1.807, 2.05) is 4.68 Å². The molecule has 2 N–H and O–H groups in total. The molecule has 1 aromatic rings. The summed E-state index contributed by atoms with van der Waals surface area (Å²) >= 11 is 2.21. The van der Waals surface area contributed by atoms with Crippen molar-refractivity contribution in [2.75, 3.05) is 13.2 Å². The van der Waals surface area contributed by atoms with Crippen molar-refractivity contribution in [3.05, 3.63) is 9.39 Å². The van der Waals surface area contributed by atoms with Crippen LogP contribution in [0.3, 0.4) is 0 Å². The second kappa shape index (κ2) is 3.27. The summed E-state index contributed by atoms with van der Waals surface area (Å²) in [7, 11) is 0. The average Bonchev–Trinajstić information content (AvgIpc) is 2.30. The van der Waals surface area contributed by atoms with Crippen LogP contribution in [0.2, 0.25) is 0 Å². The van der Waals surface area contributed by atoms with Gasteiger partial charge in [0.15, 0.2) is 0 Å². The van der Waals surface area contributed by atoms with Crippen LogP contribution in [0, 0.1) is 3.70 Å². The lowest BCUT2D eigenvalue weighted by Crippen LogP contribution is -2.32. The topological polar surface area (TPSA) is 66.0 Å². The Morgan fingerprint density at radius 2 is 2.42 bits per heavy atom. The van der Waals surface area contributed by atoms with Gasteiger partial charge >= 0.3 is 0 Å². The van der Waals surface area contributed by atoms with Gasteiger partial charge in [0.25, 0.3) is 0 Å². The molecule has 1 fully saturated rings. The minimum absolute atomic E-state index is 0.365. The number of nitrogens with zero attached hydrogens (tertiary/aromatic N) is 3. The molecular weight excluding hydrogens is 271 g/mol. The number of halogens is 1. The zero-order valence-electron chi connectivity index (χ0n) is 6.40. The highest BCUT2D eigenvalue weighted by molar-refractivity contribution is 14.1. The van der Waals surface area contributed by atoms with Gasteiger partial charge in [0.1, 0.15) is 15.4 Å². The van der Waals surface area contributed by atoms with E-state index in [9.17, 15) is 0 Å². The number of ether oxygens (including phenoxy) is 1. The van der Waals surface area contributed by atoms with Crippen molar-refractivity contribution in [2.45, 2.75) is 12.6 Å². The molecule has 6 heteroatoms. The highest BCUT2D eigenvalue weighted by Crippen LogP contribution is 2.20. The highest BCUT2D eigenvalue weighted by atomic mass is 127. The Bertz CT molecular complexity index is 283. The molecule has 1 saturated heterocycles. The van der Waals surface area contributed by atoms with Crippen molar-refractivity contribution in [1.29, 1.82) is 0 Å². The fourth-order valence-corrected chi connectivity index (χ4v) is 1.86. The summed E-state index contributed by atoms with van der Waals surface area (Å²) in [6.45, 7) is 1.93. The minimum atomic E-state index is 0.365. The van der Waals surface area contributed by atoms with Gasteiger partial charge in [-0.15, -0.1) is 5.10 Å². The van der Waals surface area contributed by atoms with E-state index >= 15 is 0 Å². The molecule has 0 aliphatic carbocycles. The van der Waals surface area contributed by atoms with Gasteiger partial charge in [-0.05, 0) is 22.6 Å². The quantitative estimate of drug-likeness (QED) is 0.769. The van der Waals surface area contributed by atoms with Crippen LogP contribution in [-0.2, 0) is 11.3 Å². The summed E-state index contributed by atoms with van der Waals surface area (Å²) in [6.07, 6.45) is 0.